The Bertz CT molecular complexity index is 2080. The number of nitrogens with two attached hydrogens (primary N) is 1. The maximum Gasteiger partial charge on any atom is 0.341 e. The molecule has 0 aliphatic rings. The van der Waals surface area contributed by atoms with Gasteiger partial charge < -0.3 is 36.1 Å². The Morgan fingerprint density at radius 3 is 1.44 bits per heavy atom. The van der Waals surface area contributed by atoms with E-state index in [9.17, 15) is 9.59 Å². The van der Waals surface area contributed by atoms with E-state index >= 15 is 0 Å². The fraction of sp³-hybridized carbons (Fsp3) is 0.171. The molecule has 6 aromatic rings. The molecule has 4 aromatic carbocycles. The quantitative estimate of drug-likeness (QED) is 0.0811. The number of hydrogen-bond donors (Lipinski definition) is 2. The Kier molecular flexibility index (Phi) is 15.0. The summed E-state index contributed by atoms with van der Waals surface area (Å²) < 4.78 is 26.1. The lowest BCUT2D eigenvalue weighted by atomic mass is 10.0. The van der Waals surface area contributed by atoms with Gasteiger partial charge in [0.15, 0.2) is 0 Å². The number of nitrogens with one attached hydrogen (secondary N) is 1. The van der Waals surface area contributed by atoms with Crippen LogP contribution >= 0.6 is 0 Å². The average molecular weight is 764 g/mol. The Morgan fingerprint density at radius 2 is 1.00 bits per heavy atom. The molecule has 55 heavy (non-hydrogen) atoms. The van der Waals surface area contributed by atoms with Crippen LogP contribution in [0, 0.1) is 0 Å². The molecule has 6 rings (SSSR count). The van der Waals surface area contributed by atoms with Crippen LogP contribution in [0.2, 0.25) is 0 Å². The highest BCUT2D eigenvalue weighted by Gasteiger charge is 2.16. The number of carbonyl (C=O) groups excluding carboxylic acids is 2. The van der Waals surface area contributed by atoms with Crippen molar-refractivity contribution >= 4 is 11.9 Å². The number of esters is 1. The first-order valence-corrected chi connectivity index (χ1v) is 16.6. The highest BCUT2D eigenvalue weighted by atomic mass is 35.5. The van der Waals surface area contributed by atoms with Crippen LogP contribution in [0.1, 0.15) is 43.2 Å². The fourth-order valence-corrected chi connectivity index (χ4v) is 5.67. The molecule has 0 saturated carbocycles. The van der Waals surface area contributed by atoms with Gasteiger partial charge >= 0.3 is 5.97 Å². The Morgan fingerprint density at radius 1 is 0.564 bits per heavy atom. The SMILES string of the molecule is COC(=O)c1cc(Cc2cc(-c3ccccc3OC)ncn2)ccc1OC.COc1ccc(Cc2cc(-c3ccccc3OC)ncn2)cc1C(=O)NN.[Cl-]. The first-order valence-electron chi connectivity index (χ1n) is 16.6. The van der Waals surface area contributed by atoms with Gasteiger partial charge in [-0.3, -0.25) is 10.2 Å². The van der Waals surface area contributed by atoms with Gasteiger partial charge in [0.1, 0.15) is 41.2 Å². The number of nitrogen functional groups attached to an aromatic ring is 1. The maximum atomic E-state index is 12.0. The van der Waals surface area contributed by atoms with Crippen LogP contribution in [0.25, 0.3) is 22.5 Å². The van der Waals surface area contributed by atoms with Crippen molar-refractivity contribution in [3.63, 3.8) is 0 Å². The molecule has 0 saturated heterocycles. The van der Waals surface area contributed by atoms with Gasteiger partial charge in [0.2, 0.25) is 0 Å². The number of ether oxygens (including phenoxy) is 5. The first-order chi connectivity index (χ1) is 26.3. The maximum absolute atomic E-state index is 12.0. The van der Waals surface area contributed by atoms with E-state index < -0.39 is 11.9 Å². The molecule has 0 atom stereocenters. The monoisotopic (exact) mass is 763 g/mol. The number of benzene rings is 4. The molecule has 0 fully saturated rings. The summed E-state index contributed by atoms with van der Waals surface area (Å²) in [4.78, 5) is 41.3. The largest absolute Gasteiger partial charge is 1.00 e. The van der Waals surface area contributed by atoms with E-state index in [1.54, 1.807) is 38.5 Å². The second-order valence-electron chi connectivity index (χ2n) is 11.6. The zero-order valence-corrected chi connectivity index (χ0v) is 31.7. The summed E-state index contributed by atoms with van der Waals surface area (Å²) in [5.74, 6) is 6.83. The molecule has 0 radical (unpaired) electrons. The molecule has 14 heteroatoms. The van der Waals surface area contributed by atoms with Gasteiger partial charge in [-0.2, -0.15) is 0 Å². The number of rotatable bonds is 12. The zero-order valence-electron chi connectivity index (χ0n) is 30.9. The van der Waals surface area contributed by atoms with Crippen LogP contribution in [0.5, 0.6) is 23.0 Å². The van der Waals surface area contributed by atoms with Crippen molar-refractivity contribution in [1.29, 1.82) is 0 Å². The molecule has 0 aliphatic heterocycles. The molecule has 284 valence electrons. The molecular formula is C41H40ClN6O7-. The third-order valence-electron chi connectivity index (χ3n) is 8.29. The number of hydrazine groups is 1. The minimum absolute atomic E-state index is 0. The smallest absolute Gasteiger partial charge is 0.341 e. The van der Waals surface area contributed by atoms with E-state index in [-0.39, 0.29) is 12.4 Å². The minimum atomic E-state index is -0.439. The van der Waals surface area contributed by atoms with Gasteiger partial charge in [-0.05, 0) is 71.8 Å². The Balaban J connectivity index is 0.000000240. The second kappa shape index (κ2) is 20.0. The van der Waals surface area contributed by atoms with E-state index in [0.717, 1.165) is 56.5 Å². The van der Waals surface area contributed by atoms with Gasteiger partial charge in [0.05, 0.1) is 52.5 Å². The molecule has 2 aromatic heterocycles. The lowest BCUT2D eigenvalue weighted by molar-refractivity contribution is -0.0000351. The highest BCUT2D eigenvalue weighted by molar-refractivity contribution is 5.96. The molecule has 13 nitrogen and oxygen atoms in total. The van der Waals surface area contributed by atoms with Crippen molar-refractivity contribution in [2.45, 2.75) is 12.8 Å². The van der Waals surface area contributed by atoms with Crippen LogP contribution in [-0.4, -0.2) is 67.4 Å². The number of nitrogens with zero attached hydrogens (tertiary/aromatic N) is 4. The summed E-state index contributed by atoms with van der Waals surface area (Å²) in [6.07, 6.45) is 4.12. The summed E-state index contributed by atoms with van der Waals surface area (Å²) in [6.45, 7) is 0. The molecule has 3 N–H and O–H groups in total. The van der Waals surface area contributed by atoms with Crippen LogP contribution in [0.3, 0.4) is 0 Å². The van der Waals surface area contributed by atoms with Crippen LogP contribution in [-0.2, 0) is 17.6 Å². The zero-order chi connectivity index (χ0) is 38.5. The van der Waals surface area contributed by atoms with Crippen LogP contribution in [0.4, 0.5) is 0 Å². The number of para-hydroxylation sites is 2. The van der Waals surface area contributed by atoms with E-state index in [1.807, 2.05) is 72.8 Å². The van der Waals surface area contributed by atoms with Gasteiger partial charge in [0.25, 0.3) is 5.91 Å². The lowest BCUT2D eigenvalue weighted by Gasteiger charge is -2.11. The topological polar surface area (TPSA) is 170 Å². The van der Waals surface area contributed by atoms with E-state index in [1.165, 1.54) is 34.0 Å². The van der Waals surface area contributed by atoms with Crippen molar-refractivity contribution in [2.24, 2.45) is 5.84 Å². The second-order valence-corrected chi connectivity index (χ2v) is 11.6. The molecular weight excluding hydrogens is 724 g/mol. The van der Waals surface area contributed by atoms with Crippen LogP contribution in [0.15, 0.2) is 110 Å². The number of amides is 1. The molecule has 0 unspecified atom stereocenters. The number of methoxy groups -OCH3 is 5. The predicted octanol–water partition coefficient (Wildman–Crippen LogP) is 2.90. The standard InChI is InChI=1S/C21H20N2O4.C20H20N4O3.ClH/c1-25-19-7-5-4-6-16(19)18-12-15(22-13-23-18)10-14-8-9-20(26-2)17(11-14)21(24)27-3;1-26-18-6-4-3-5-15(18)17-11-14(22-12-23-17)9-13-7-8-19(27-2)16(10-13)20(25)24-21;/h4-9,11-13H,10H2,1-3H3;3-8,10-12H,9,21H2,1-2H3,(H,24,25);1H/p-1. The van der Waals surface area contributed by atoms with Crippen LogP contribution < -0.4 is 42.6 Å². The highest BCUT2D eigenvalue weighted by Crippen LogP contribution is 2.30. The van der Waals surface area contributed by atoms with Gasteiger partial charge in [-0.15, -0.1) is 0 Å². The third-order valence-corrected chi connectivity index (χ3v) is 8.29. The van der Waals surface area contributed by atoms with Crippen molar-refractivity contribution in [3.05, 3.63) is 143 Å². The lowest BCUT2D eigenvalue weighted by Crippen LogP contribution is -3.00. The fourth-order valence-electron chi connectivity index (χ4n) is 5.67. The average Bonchev–Trinajstić information content (AvgIpc) is 3.23. The Hall–Kier alpha value is -6.57. The number of aromatic nitrogens is 4. The number of halogens is 1. The summed E-state index contributed by atoms with van der Waals surface area (Å²) in [7, 11) is 7.63. The van der Waals surface area contributed by atoms with Crippen molar-refractivity contribution in [3.8, 4) is 45.5 Å². The normalized spacial score (nSPS) is 10.1. The summed E-state index contributed by atoms with van der Waals surface area (Å²) >= 11 is 0. The van der Waals surface area contributed by atoms with E-state index in [4.69, 9.17) is 29.5 Å². The molecule has 0 bridgehead atoms. The molecule has 1 amide bonds. The van der Waals surface area contributed by atoms with Gasteiger partial charge in [-0.25, -0.2) is 30.6 Å². The van der Waals surface area contributed by atoms with E-state index in [0.29, 0.717) is 35.5 Å². The van der Waals surface area contributed by atoms with Crippen molar-refractivity contribution in [1.82, 2.24) is 25.4 Å². The van der Waals surface area contributed by atoms with Crippen molar-refractivity contribution in [2.75, 3.05) is 35.5 Å². The molecule has 0 spiro atoms. The summed E-state index contributed by atoms with van der Waals surface area (Å²) in [6, 6.07) is 30.0. The van der Waals surface area contributed by atoms with Gasteiger partial charge in [0, 0.05) is 35.4 Å². The van der Waals surface area contributed by atoms with E-state index in [2.05, 4.69) is 25.4 Å². The van der Waals surface area contributed by atoms with Gasteiger partial charge in [-0.1, -0.05) is 36.4 Å². The molecule has 2 heterocycles. The third kappa shape index (κ3) is 10.3. The first kappa shape index (κ1) is 41.2. The van der Waals surface area contributed by atoms with Crippen molar-refractivity contribution < 1.29 is 45.7 Å². The summed E-state index contributed by atoms with van der Waals surface area (Å²) in [5.41, 5.74) is 9.68. The Labute approximate surface area is 325 Å². The number of carbonyl (C=O) groups is 2. The predicted molar refractivity (Wildman–Crippen MR) is 203 cm³/mol. The molecule has 0 aliphatic carbocycles. The summed E-state index contributed by atoms with van der Waals surface area (Å²) in [5, 5.41) is 0. The number of hydrogen-bond acceptors (Lipinski definition) is 12. The minimum Gasteiger partial charge on any atom is -1.00 e.